The van der Waals surface area contributed by atoms with Gasteiger partial charge in [-0.3, -0.25) is 4.90 Å². The number of hydrogen-bond donors (Lipinski definition) is 1. The molecule has 1 saturated carbocycles. The van der Waals surface area contributed by atoms with Crippen LogP contribution in [0.5, 0.6) is 0 Å². The van der Waals surface area contributed by atoms with Gasteiger partial charge < -0.3 is 5.73 Å². The maximum atomic E-state index is 5.63. The zero-order valence-corrected chi connectivity index (χ0v) is 9.13. The van der Waals surface area contributed by atoms with Gasteiger partial charge in [0.2, 0.25) is 0 Å². The summed E-state index contributed by atoms with van der Waals surface area (Å²) in [6, 6.07) is 1.48. The summed E-state index contributed by atoms with van der Waals surface area (Å²) in [6.45, 7) is 6.44. The quantitative estimate of drug-likeness (QED) is 0.724. The fraction of sp³-hybridized carbons (Fsp3) is 1.00. The average Bonchev–Trinajstić information content (AvgIpc) is 2.15. The third-order valence-electron chi connectivity index (χ3n) is 3.09. The molecule has 0 saturated heterocycles. The summed E-state index contributed by atoms with van der Waals surface area (Å²) >= 11 is 0. The van der Waals surface area contributed by atoms with Crippen LogP contribution < -0.4 is 5.73 Å². The van der Waals surface area contributed by atoms with E-state index in [1.165, 1.54) is 32.1 Å². The highest BCUT2D eigenvalue weighted by atomic mass is 15.2. The van der Waals surface area contributed by atoms with Crippen molar-refractivity contribution in [3.63, 3.8) is 0 Å². The van der Waals surface area contributed by atoms with Crippen molar-refractivity contribution < 1.29 is 0 Å². The Morgan fingerprint density at radius 1 is 1.23 bits per heavy atom. The minimum absolute atomic E-state index is 0.659. The molecule has 13 heavy (non-hydrogen) atoms. The Hall–Kier alpha value is -0.0800. The molecular weight excluding hydrogens is 160 g/mol. The van der Waals surface area contributed by atoms with Crippen molar-refractivity contribution in [2.24, 2.45) is 5.73 Å². The van der Waals surface area contributed by atoms with Crippen molar-refractivity contribution in [3.05, 3.63) is 0 Å². The summed E-state index contributed by atoms with van der Waals surface area (Å²) in [5.41, 5.74) is 5.63. The van der Waals surface area contributed by atoms with Gasteiger partial charge in [-0.1, -0.05) is 19.3 Å². The molecule has 0 radical (unpaired) electrons. The predicted octanol–water partition coefficient (Wildman–Crippen LogP) is 1.99. The van der Waals surface area contributed by atoms with Gasteiger partial charge in [0.1, 0.15) is 0 Å². The van der Waals surface area contributed by atoms with E-state index in [4.69, 9.17) is 5.73 Å². The molecule has 0 aromatic carbocycles. The third kappa shape index (κ3) is 3.28. The molecule has 2 heteroatoms. The van der Waals surface area contributed by atoms with E-state index in [1.807, 2.05) is 0 Å². The molecule has 0 bridgehead atoms. The molecule has 1 aliphatic carbocycles. The van der Waals surface area contributed by atoms with Crippen molar-refractivity contribution in [2.75, 3.05) is 13.1 Å². The second-order valence-corrected chi connectivity index (χ2v) is 4.41. The van der Waals surface area contributed by atoms with Crippen LogP contribution in [0.4, 0.5) is 0 Å². The molecule has 1 rings (SSSR count). The second-order valence-electron chi connectivity index (χ2n) is 4.41. The highest BCUT2D eigenvalue weighted by molar-refractivity contribution is 4.78. The number of nitrogens with two attached hydrogens (primary N) is 1. The van der Waals surface area contributed by atoms with Gasteiger partial charge in [-0.05, 0) is 26.7 Å². The van der Waals surface area contributed by atoms with Crippen LogP contribution in [-0.2, 0) is 0 Å². The van der Waals surface area contributed by atoms with E-state index in [0.29, 0.717) is 6.04 Å². The molecule has 0 spiro atoms. The lowest BCUT2D eigenvalue weighted by Gasteiger charge is -2.37. The highest BCUT2D eigenvalue weighted by Crippen LogP contribution is 2.23. The van der Waals surface area contributed by atoms with Gasteiger partial charge in [0, 0.05) is 25.2 Å². The van der Waals surface area contributed by atoms with Crippen molar-refractivity contribution in [1.82, 2.24) is 4.90 Å². The molecule has 0 aromatic heterocycles. The summed E-state index contributed by atoms with van der Waals surface area (Å²) in [7, 11) is 0. The van der Waals surface area contributed by atoms with E-state index in [0.717, 1.165) is 19.1 Å². The first kappa shape index (κ1) is 11.0. The molecule has 2 N–H and O–H groups in total. The number of nitrogens with zero attached hydrogens (tertiary/aromatic N) is 1. The lowest BCUT2D eigenvalue weighted by atomic mass is 9.93. The normalized spacial score (nSPS) is 20.1. The van der Waals surface area contributed by atoms with Crippen LogP contribution in [-0.4, -0.2) is 30.1 Å². The van der Waals surface area contributed by atoms with E-state index in [9.17, 15) is 0 Å². The van der Waals surface area contributed by atoms with Gasteiger partial charge in [-0.2, -0.15) is 0 Å². The maximum Gasteiger partial charge on any atom is 0.0110 e. The van der Waals surface area contributed by atoms with E-state index in [1.54, 1.807) is 0 Å². The fourth-order valence-corrected chi connectivity index (χ4v) is 2.42. The van der Waals surface area contributed by atoms with Gasteiger partial charge in [-0.25, -0.2) is 0 Å². The summed E-state index contributed by atoms with van der Waals surface area (Å²) in [6.07, 6.45) is 7.04. The lowest BCUT2D eigenvalue weighted by molar-refractivity contribution is 0.124. The van der Waals surface area contributed by atoms with Crippen molar-refractivity contribution in [3.8, 4) is 0 Å². The van der Waals surface area contributed by atoms with Gasteiger partial charge in [0.25, 0.3) is 0 Å². The summed E-state index contributed by atoms with van der Waals surface area (Å²) in [4.78, 5) is 2.58. The molecule has 0 heterocycles. The van der Waals surface area contributed by atoms with E-state index in [2.05, 4.69) is 18.7 Å². The number of rotatable bonds is 4. The smallest absolute Gasteiger partial charge is 0.0110 e. The van der Waals surface area contributed by atoms with E-state index >= 15 is 0 Å². The first-order chi connectivity index (χ1) is 6.25. The molecule has 0 atom stereocenters. The lowest BCUT2D eigenvalue weighted by Crippen LogP contribution is -2.44. The fourth-order valence-electron chi connectivity index (χ4n) is 2.42. The summed E-state index contributed by atoms with van der Waals surface area (Å²) in [5, 5.41) is 0. The van der Waals surface area contributed by atoms with Crippen LogP contribution in [0.2, 0.25) is 0 Å². The van der Waals surface area contributed by atoms with E-state index in [-0.39, 0.29) is 0 Å². The van der Waals surface area contributed by atoms with Gasteiger partial charge in [0.15, 0.2) is 0 Å². The minimum Gasteiger partial charge on any atom is -0.329 e. The monoisotopic (exact) mass is 184 g/mol. The molecule has 2 nitrogen and oxygen atoms in total. The maximum absolute atomic E-state index is 5.63. The van der Waals surface area contributed by atoms with Crippen molar-refractivity contribution in [2.45, 2.75) is 58.0 Å². The Morgan fingerprint density at radius 2 is 1.85 bits per heavy atom. The largest absolute Gasteiger partial charge is 0.329 e. The van der Waals surface area contributed by atoms with Gasteiger partial charge in [-0.15, -0.1) is 0 Å². The van der Waals surface area contributed by atoms with Crippen LogP contribution in [0.3, 0.4) is 0 Å². The van der Waals surface area contributed by atoms with Gasteiger partial charge >= 0.3 is 0 Å². The van der Waals surface area contributed by atoms with E-state index < -0.39 is 0 Å². The molecule has 0 unspecified atom stereocenters. The zero-order chi connectivity index (χ0) is 9.68. The molecule has 0 amide bonds. The molecular formula is C11H24N2. The van der Waals surface area contributed by atoms with Gasteiger partial charge in [0.05, 0.1) is 0 Å². The SMILES string of the molecule is CC(C)N(CCN)C1CCCCC1. The van der Waals surface area contributed by atoms with Crippen LogP contribution in [0.25, 0.3) is 0 Å². The van der Waals surface area contributed by atoms with Crippen LogP contribution >= 0.6 is 0 Å². The second kappa shape index (κ2) is 5.61. The summed E-state index contributed by atoms with van der Waals surface area (Å²) in [5.74, 6) is 0. The third-order valence-corrected chi connectivity index (χ3v) is 3.09. The topological polar surface area (TPSA) is 29.3 Å². The van der Waals surface area contributed by atoms with Crippen molar-refractivity contribution in [1.29, 1.82) is 0 Å². The van der Waals surface area contributed by atoms with Crippen molar-refractivity contribution >= 4 is 0 Å². The Morgan fingerprint density at radius 3 is 2.31 bits per heavy atom. The average molecular weight is 184 g/mol. The summed E-state index contributed by atoms with van der Waals surface area (Å²) < 4.78 is 0. The zero-order valence-electron chi connectivity index (χ0n) is 9.13. The molecule has 78 valence electrons. The Kier molecular flexibility index (Phi) is 4.74. The van der Waals surface area contributed by atoms with Crippen LogP contribution in [0.1, 0.15) is 46.0 Å². The van der Waals surface area contributed by atoms with Crippen LogP contribution in [0.15, 0.2) is 0 Å². The first-order valence-electron chi connectivity index (χ1n) is 5.71. The van der Waals surface area contributed by atoms with Crippen LogP contribution in [0, 0.1) is 0 Å². The molecule has 1 fully saturated rings. The molecule has 0 aromatic rings. The Bertz CT molecular complexity index is 128. The Balaban J connectivity index is 2.41. The molecule has 1 aliphatic rings. The molecule has 0 aliphatic heterocycles. The number of hydrogen-bond acceptors (Lipinski definition) is 2. The highest BCUT2D eigenvalue weighted by Gasteiger charge is 2.21. The minimum atomic E-state index is 0.659. The first-order valence-corrected chi connectivity index (χ1v) is 5.71. The standard InChI is InChI=1S/C11H24N2/c1-10(2)13(9-8-12)11-6-4-3-5-7-11/h10-11H,3-9,12H2,1-2H3. The predicted molar refractivity (Wildman–Crippen MR) is 57.8 cm³/mol. The Labute approximate surface area is 82.5 Å².